The van der Waals surface area contributed by atoms with Gasteiger partial charge in [-0.1, -0.05) is 19.1 Å². The van der Waals surface area contributed by atoms with Crippen molar-refractivity contribution in [2.75, 3.05) is 14.1 Å². The van der Waals surface area contributed by atoms with E-state index in [1.54, 1.807) is 24.5 Å². The second-order valence-corrected chi connectivity index (χ2v) is 6.69. The van der Waals surface area contributed by atoms with Crippen LogP contribution >= 0.6 is 0 Å². The van der Waals surface area contributed by atoms with E-state index in [4.69, 9.17) is 5.73 Å². The highest BCUT2D eigenvalue weighted by atomic mass is 16.3. The molecule has 6 heteroatoms. The summed E-state index contributed by atoms with van der Waals surface area (Å²) in [4.78, 5) is 22.3. The monoisotopic (exact) mass is 342 g/mol. The summed E-state index contributed by atoms with van der Waals surface area (Å²) in [5.74, 6) is -0.428. The maximum absolute atomic E-state index is 12.1. The van der Waals surface area contributed by atoms with Crippen LogP contribution in [-0.4, -0.2) is 46.0 Å². The standard InChI is InChI=1S/C19H26N4O2/c1-13(15-10-21-12-22-11-15)18(19(20)25)9-16(23(2)3)8-14-4-6-17(24)7-5-14/h4-7,10-13,16,18,24H,8-9H2,1-3H3,(H2,20,25)/t13?,16-,18?/m1/s1. The van der Waals surface area contributed by atoms with Gasteiger partial charge in [-0.25, -0.2) is 9.97 Å². The molecule has 1 heterocycles. The summed E-state index contributed by atoms with van der Waals surface area (Å²) >= 11 is 0. The highest BCUT2D eigenvalue weighted by molar-refractivity contribution is 5.77. The molecular formula is C19H26N4O2. The molecule has 2 unspecified atom stereocenters. The number of benzene rings is 1. The first-order chi connectivity index (χ1) is 11.9. The molecule has 2 aromatic rings. The minimum Gasteiger partial charge on any atom is -0.508 e. The molecule has 3 atom stereocenters. The molecule has 1 aromatic heterocycles. The Kier molecular flexibility index (Phi) is 6.47. The number of aromatic hydroxyl groups is 1. The second-order valence-electron chi connectivity index (χ2n) is 6.69. The predicted molar refractivity (Wildman–Crippen MR) is 97.0 cm³/mol. The third kappa shape index (κ3) is 5.26. The number of phenolic OH excluding ortho intramolecular Hbond substituents is 1. The van der Waals surface area contributed by atoms with Gasteiger partial charge in [-0.3, -0.25) is 4.79 Å². The van der Waals surface area contributed by atoms with Crippen molar-refractivity contribution in [1.29, 1.82) is 0 Å². The Morgan fingerprint density at radius 1 is 1.20 bits per heavy atom. The molecule has 0 aliphatic heterocycles. The van der Waals surface area contributed by atoms with Crippen molar-refractivity contribution < 1.29 is 9.90 Å². The number of likely N-dealkylation sites (N-methyl/N-ethyl adjacent to an activating group) is 1. The lowest BCUT2D eigenvalue weighted by molar-refractivity contribution is -0.123. The van der Waals surface area contributed by atoms with Crippen LogP contribution in [0.4, 0.5) is 0 Å². The van der Waals surface area contributed by atoms with E-state index < -0.39 is 0 Å². The van der Waals surface area contributed by atoms with E-state index in [-0.39, 0.29) is 29.5 Å². The van der Waals surface area contributed by atoms with Crippen molar-refractivity contribution in [3.05, 3.63) is 54.1 Å². The molecule has 3 N–H and O–H groups in total. The van der Waals surface area contributed by atoms with Crippen LogP contribution < -0.4 is 5.73 Å². The van der Waals surface area contributed by atoms with Gasteiger partial charge in [-0.2, -0.15) is 0 Å². The van der Waals surface area contributed by atoms with Crippen LogP contribution in [0.2, 0.25) is 0 Å². The van der Waals surface area contributed by atoms with Gasteiger partial charge in [0, 0.05) is 24.4 Å². The van der Waals surface area contributed by atoms with Crippen LogP contribution in [0.15, 0.2) is 43.0 Å². The molecule has 0 bridgehead atoms. The van der Waals surface area contributed by atoms with Crippen LogP contribution in [-0.2, 0) is 11.2 Å². The Balaban J connectivity index is 2.16. The van der Waals surface area contributed by atoms with Crippen molar-refractivity contribution in [3.8, 4) is 5.75 Å². The molecule has 0 saturated heterocycles. The number of rotatable bonds is 8. The molecule has 1 aromatic carbocycles. The summed E-state index contributed by atoms with van der Waals surface area (Å²) in [6, 6.07) is 7.31. The lowest BCUT2D eigenvalue weighted by Crippen LogP contribution is -2.38. The Labute approximate surface area is 148 Å². The summed E-state index contributed by atoms with van der Waals surface area (Å²) in [5, 5.41) is 9.43. The van der Waals surface area contributed by atoms with Crippen LogP contribution in [0.5, 0.6) is 5.75 Å². The van der Waals surface area contributed by atoms with Crippen molar-refractivity contribution in [2.24, 2.45) is 11.7 Å². The van der Waals surface area contributed by atoms with Gasteiger partial charge in [0.25, 0.3) is 0 Å². The molecular weight excluding hydrogens is 316 g/mol. The molecule has 1 amide bonds. The highest BCUT2D eigenvalue weighted by Crippen LogP contribution is 2.29. The number of primary amides is 1. The number of aromatic nitrogens is 2. The molecule has 0 fully saturated rings. The summed E-state index contributed by atoms with van der Waals surface area (Å²) in [7, 11) is 4.00. The SMILES string of the molecule is CC(c1cncnc1)C(C[C@@H](Cc1ccc(O)cc1)N(C)C)C(N)=O. The number of amides is 1. The minimum absolute atomic E-state index is 0.0547. The van der Waals surface area contributed by atoms with Crippen molar-refractivity contribution in [2.45, 2.75) is 31.7 Å². The third-order valence-electron chi connectivity index (χ3n) is 4.74. The predicted octanol–water partition coefficient (Wildman–Crippen LogP) is 1.95. The van der Waals surface area contributed by atoms with Gasteiger partial charge in [0.2, 0.25) is 5.91 Å². The first-order valence-electron chi connectivity index (χ1n) is 8.37. The fraction of sp³-hybridized carbons (Fsp3) is 0.421. The van der Waals surface area contributed by atoms with E-state index in [0.29, 0.717) is 6.42 Å². The largest absolute Gasteiger partial charge is 0.508 e. The molecule has 2 rings (SSSR count). The van der Waals surface area contributed by atoms with E-state index in [2.05, 4.69) is 14.9 Å². The normalized spacial score (nSPS) is 14.9. The number of phenols is 1. The minimum atomic E-state index is -0.311. The van der Waals surface area contributed by atoms with Gasteiger partial charge in [0.1, 0.15) is 12.1 Å². The quantitative estimate of drug-likeness (QED) is 0.765. The molecule has 0 spiro atoms. The summed E-state index contributed by atoms with van der Waals surface area (Å²) < 4.78 is 0. The topological polar surface area (TPSA) is 92.3 Å². The Hall–Kier alpha value is -2.47. The molecule has 0 saturated carbocycles. The molecule has 0 radical (unpaired) electrons. The van der Waals surface area contributed by atoms with Crippen molar-refractivity contribution in [3.63, 3.8) is 0 Å². The summed E-state index contributed by atoms with van der Waals surface area (Å²) in [5.41, 5.74) is 7.72. The fourth-order valence-corrected chi connectivity index (χ4v) is 3.02. The Morgan fingerprint density at radius 3 is 2.32 bits per heavy atom. The number of nitrogens with two attached hydrogens (primary N) is 1. The zero-order chi connectivity index (χ0) is 18.4. The number of nitrogens with zero attached hydrogens (tertiary/aromatic N) is 3. The third-order valence-corrected chi connectivity index (χ3v) is 4.74. The van der Waals surface area contributed by atoms with Gasteiger partial charge in [-0.05, 0) is 56.1 Å². The van der Waals surface area contributed by atoms with E-state index in [1.807, 2.05) is 33.2 Å². The van der Waals surface area contributed by atoms with E-state index in [9.17, 15) is 9.90 Å². The maximum atomic E-state index is 12.1. The molecule has 0 aliphatic rings. The second kappa shape index (κ2) is 8.58. The average Bonchev–Trinajstić information content (AvgIpc) is 2.60. The van der Waals surface area contributed by atoms with Gasteiger partial charge < -0.3 is 15.7 Å². The first kappa shape index (κ1) is 18.9. The number of carbonyl (C=O) groups is 1. The average molecular weight is 342 g/mol. The van der Waals surface area contributed by atoms with Gasteiger partial charge in [0.05, 0.1) is 0 Å². The van der Waals surface area contributed by atoms with Crippen LogP contribution in [0.25, 0.3) is 0 Å². The number of hydrogen-bond acceptors (Lipinski definition) is 5. The maximum Gasteiger partial charge on any atom is 0.221 e. The van der Waals surface area contributed by atoms with E-state index in [1.165, 1.54) is 6.33 Å². The lowest BCUT2D eigenvalue weighted by atomic mass is 9.82. The molecule has 25 heavy (non-hydrogen) atoms. The zero-order valence-electron chi connectivity index (χ0n) is 15.0. The zero-order valence-corrected chi connectivity index (χ0v) is 15.0. The van der Waals surface area contributed by atoms with Gasteiger partial charge in [0.15, 0.2) is 0 Å². The number of hydrogen-bond donors (Lipinski definition) is 2. The Morgan fingerprint density at radius 2 is 1.80 bits per heavy atom. The van der Waals surface area contributed by atoms with Gasteiger partial charge in [-0.15, -0.1) is 0 Å². The smallest absolute Gasteiger partial charge is 0.221 e. The first-order valence-corrected chi connectivity index (χ1v) is 8.37. The van der Waals surface area contributed by atoms with Crippen LogP contribution in [0, 0.1) is 5.92 Å². The highest BCUT2D eigenvalue weighted by Gasteiger charge is 2.29. The van der Waals surface area contributed by atoms with Gasteiger partial charge >= 0.3 is 0 Å². The van der Waals surface area contributed by atoms with Crippen LogP contribution in [0.1, 0.15) is 30.4 Å². The van der Waals surface area contributed by atoms with E-state index >= 15 is 0 Å². The Bertz CT molecular complexity index is 674. The molecule has 6 nitrogen and oxygen atoms in total. The summed E-state index contributed by atoms with van der Waals surface area (Å²) in [6.07, 6.45) is 6.35. The van der Waals surface area contributed by atoms with Crippen LogP contribution in [0.3, 0.4) is 0 Å². The fourth-order valence-electron chi connectivity index (χ4n) is 3.02. The number of carbonyl (C=O) groups excluding carboxylic acids is 1. The molecule has 134 valence electrons. The summed E-state index contributed by atoms with van der Waals surface area (Å²) in [6.45, 7) is 1.99. The molecule has 0 aliphatic carbocycles. The van der Waals surface area contributed by atoms with Crippen molar-refractivity contribution in [1.82, 2.24) is 14.9 Å². The van der Waals surface area contributed by atoms with Crippen molar-refractivity contribution >= 4 is 5.91 Å². The lowest BCUT2D eigenvalue weighted by Gasteiger charge is -2.30. The van der Waals surface area contributed by atoms with E-state index in [0.717, 1.165) is 17.5 Å².